The molecule has 2 aliphatic heterocycles. The number of nitrogens with one attached hydrogen (secondary N) is 1. The van der Waals surface area contributed by atoms with Gasteiger partial charge < -0.3 is 25.4 Å². The molecule has 0 unspecified atom stereocenters. The van der Waals surface area contributed by atoms with Crippen LogP contribution in [0.1, 0.15) is 46.5 Å². The lowest BCUT2D eigenvalue weighted by atomic mass is 9.98. The second-order valence-corrected chi connectivity index (χ2v) is 8.88. The molecule has 2 heterocycles. The number of aliphatic hydroxyl groups is 1. The molecule has 28 heavy (non-hydrogen) atoms. The summed E-state index contributed by atoms with van der Waals surface area (Å²) in [7, 11) is 0. The number of hydrogen-bond donors (Lipinski definition) is 3. The van der Waals surface area contributed by atoms with Crippen LogP contribution < -0.4 is 16.0 Å². The van der Waals surface area contributed by atoms with Gasteiger partial charge in [0.1, 0.15) is 5.60 Å². The lowest BCUT2D eigenvalue weighted by molar-refractivity contribution is 0.0542. The highest BCUT2D eigenvalue weighted by atomic mass is 16.6. The van der Waals surface area contributed by atoms with Crippen molar-refractivity contribution in [1.82, 2.24) is 4.90 Å². The Kier molecular flexibility index (Phi) is 6.35. The second-order valence-electron chi connectivity index (χ2n) is 8.88. The van der Waals surface area contributed by atoms with E-state index in [1.807, 2.05) is 39.0 Å². The summed E-state index contributed by atoms with van der Waals surface area (Å²) in [5, 5.41) is 12.5. The first kappa shape index (κ1) is 20.7. The molecule has 0 aromatic heterocycles. The van der Waals surface area contributed by atoms with Crippen molar-refractivity contribution < 1.29 is 14.6 Å². The highest BCUT2D eigenvalue weighted by molar-refractivity contribution is 5.90. The number of nitrogens with two attached hydrogens (primary N) is 1. The molecule has 0 aliphatic carbocycles. The number of piperidine rings is 2. The number of carbonyl (C=O) groups excluding carboxylic acids is 1. The smallest absolute Gasteiger partial charge is 0.412 e. The van der Waals surface area contributed by atoms with Crippen LogP contribution in [0.4, 0.5) is 21.9 Å². The summed E-state index contributed by atoms with van der Waals surface area (Å²) in [4.78, 5) is 17.0. The number of anilines is 3. The van der Waals surface area contributed by atoms with Crippen molar-refractivity contribution in [3.05, 3.63) is 18.2 Å². The van der Waals surface area contributed by atoms with Crippen molar-refractivity contribution in [2.75, 3.05) is 42.1 Å². The molecule has 156 valence electrons. The number of rotatable bonds is 3. The van der Waals surface area contributed by atoms with Crippen LogP contribution in [0.3, 0.4) is 0 Å². The zero-order valence-electron chi connectivity index (χ0n) is 17.3. The van der Waals surface area contributed by atoms with Crippen LogP contribution in [0, 0.1) is 0 Å². The number of nitrogen functional groups attached to an aromatic ring is 1. The molecule has 2 aliphatic rings. The van der Waals surface area contributed by atoms with Gasteiger partial charge in [0.25, 0.3) is 0 Å². The number of hydrogen-bond acceptors (Lipinski definition) is 6. The molecule has 0 atom stereocenters. The van der Waals surface area contributed by atoms with Gasteiger partial charge in [-0.2, -0.15) is 0 Å². The van der Waals surface area contributed by atoms with Crippen molar-refractivity contribution in [2.45, 2.75) is 64.2 Å². The van der Waals surface area contributed by atoms with Crippen molar-refractivity contribution in [3.63, 3.8) is 0 Å². The summed E-state index contributed by atoms with van der Waals surface area (Å²) >= 11 is 0. The molecule has 0 spiro atoms. The number of ether oxygens (including phenoxy) is 1. The third-order valence-corrected chi connectivity index (χ3v) is 5.52. The van der Waals surface area contributed by atoms with E-state index in [0.717, 1.165) is 57.5 Å². The number of carbonyl (C=O) groups is 1. The van der Waals surface area contributed by atoms with Gasteiger partial charge in [-0.3, -0.25) is 5.32 Å². The van der Waals surface area contributed by atoms with Crippen molar-refractivity contribution in [1.29, 1.82) is 0 Å². The lowest BCUT2D eigenvalue weighted by Gasteiger charge is -2.41. The Morgan fingerprint density at radius 1 is 1.14 bits per heavy atom. The maximum Gasteiger partial charge on any atom is 0.412 e. The number of benzene rings is 1. The maximum atomic E-state index is 12.1. The van der Waals surface area contributed by atoms with Crippen molar-refractivity contribution in [2.24, 2.45) is 0 Å². The zero-order valence-corrected chi connectivity index (χ0v) is 17.3. The van der Waals surface area contributed by atoms with E-state index in [9.17, 15) is 9.90 Å². The maximum absolute atomic E-state index is 12.1. The van der Waals surface area contributed by atoms with Crippen LogP contribution in [0.15, 0.2) is 18.2 Å². The molecule has 0 bridgehead atoms. The predicted molar refractivity (Wildman–Crippen MR) is 113 cm³/mol. The summed E-state index contributed by atoms with van der Waals surface area (Å²) in [5.74, 6) is 0. The summed E-state index contributed by atoms with van der Waals surface area (Å²) < 4.78 is 5.33. The minimum Gasteiger partial charge on any atom is -0.444 e. The Bertz CT molecular complexity index is 673. The van der Waals surface area contributed by atoms with Crippen LogP contribution in [0.5, 0.6) is 0 Å². The average molecular weight is 391 g/mol. The number of aliphatic hydroxyl groups excluding tert-OH is 1. The fourth-order valence-corrected chi connectivity index (χ4v) is 4.00. The number of nitrogens with zero attached hydrogens (tertiary/aromatic N) is 2. The van der Waals surface area contributed by atoms with Gasteiger partial charge in [-0.1, -0.05) is 0 Å². The molecule has 1 amide bonds. The number of likely N-dealkylation sites (tertiary alicyclic amines) is 1. The lowest BCUT2D eigenvalue weighted by Crippen LogP contribution is -2.48. The van der Waals surface area contributed by atoms with Crippen LogP contribution in [-0.2, 0) is 4.74 Å². The Labute approximate surface area is 167 Å². The van der Waals surface area contributed by atoms with E-state index < -0.39 is 11.7 Å². The molecule has 2 saturated heterocycles. The van der Waals surface area contributed by atoms with E-state index >= 15 is 0 Å². The molecule has 0 saturated carbocycles. The molecular weight excluding hydrogens is 356 g/mol. The van der Waals surface area contributed by atoms with Gasteiger partial charge >= 0.3 is 6.09 Å². The topological polar surface area (TPSA) is 91.1 Å². The van der Waals surface area contributed by atoms with Crippen LogP contribution in [-0.4, -0.2) is 60.0 Å². The van der Waals surface area contributed by atoms with Crippen molar-refractivity contribution in [3.8, 4) is 0 Å². The molecule has 3 rings (SSSR count). The Balaban J connectivity index is 1.58. The molecule has 7 heteroatoms. The summed E-state index contributed by atoms with van der Waals surface area (Å²) in [6, 6.07) is 6.36. The predicted octanol–water partition coefficient (Wildman–Crippen LogP) is 3.04. The van der Waals surface area contributed by atoms with E-state index in [2.05, 4.69) is 15.1 Å². The van der Waals surface area contributed by atoms with E-state index in [-0.39, 0.29) is 6.10 Å². The Hall–Kier alpha value is -1.99. The third-order valence-electron chi connectivity index (χ3n) is 5.52. The monoisotopic (exact) mass is 390 g/mol. The standard InChI is InChI=1S/C21H34N4O3/c1-21(2,3)28-20(27)23-19-14-16(4-5-18(19)22)25-10-6-15(7-11-25)24-12-8-17(26)9-13-24/h4-5,14-15,17,26H,6-13,22H2,1-3H3,(H,23,27). The highest BCUT2D eigenvalue weighted by Gasteiger charge is 2.28. The van der Waals surface area contributed by atoms with Gasteiger partial charge in [-0.15, -0.1) is 0 Å². The molecule has 2 fully saturated rings. The van der Waals surface area contributed by atoms with E-state index in [1.165, 1.54) is 0 Å². The van der Waals surface area contributed by atoms with Crippen LogP contribution in [0.25, 0.3) is 0 Å². The minimum atomic E-state index is -0.553. The van der Waals surface area contributed by atoms with Gasteiger partial charge in [0.15, 0.2) is 0 Å². The van der Waals surface area contributed by atoms with Gasteiger partial charge in [0, 0.05) is 37.9 Å². The van der Waals surface area contributed by atoms with Gasteiger partial charge in [0.2, 0.25) is 0 Å². The Morgan fingerprint density at radius 2 is 1.79 bits per heavy atom. The Morgan fingerprint density at radius 3 is 2.39 bits per heavy atom. The SMILES string of the molecule is CC(C)(C)OC(=O)Nc1cc(N2CCC(N3CCC(O)CC3)CC2)ccc1N. The first-order chi connectivity index (χ1) is 13.2. The molecule has 0 radical (unpaired) electrons. The fraction of sp³-hybridized carbons (Fsp3) is 0.667. The molecule has 7 nitrogen and oxygen atoms in total. The zero-order chi connectivity index (χ0) is 20.3. The largest absolute Gasteiger partial charge is 0.444 e. The van der Waals surface area contributed by atoms with E-state index in [0.29, 0.717) is 17.4 Å². The van der Waals surface area contributed by atoms with Gasteiger partial charge in [-0.05, 0) is 64.7 Å². The highest BCUT2D eigenvalue weighted by Crippen LogP contribution is 2.29. The van der Waals surface area contributed by atoms with E-state index in [1.54, 1.807) is 0 Å². The summed E-state index contributed by atoms with van der Waals surface area (Å²) in [6.45, 7) is 9.44. The minimum absolute atomic E-state index is 0.123. The fourth-order valence-electron chi connectivity index (χ4n) is 4.00. The second kappa shape index (κ2) is 8.57. The molecule has 1 aromatic carbocycles. The van der Waals surface area contributed by atoms with Gasteiger partial charge in [-0.25, -0.2) is 4.79 Å². The van der Waals surface area contributed by atoms with Crippen LogP contribution in [0.2, 0.25) is 0 Å². The average Bonchev–Trinajstić information content (AvgIpc) is 2.63. The first-order valence-electron chi connectivity index (χ1n) is 10.3. The number of amides is 1. The molecule has 4 N–H and O–H groups in total. The molecule has 1 aromatic rings. The van der Waals surface area contributed by atoms with Crippen molar-refractivity contribution >= 4 is 23.2 Å². The summed E-state index contributed by atoms with van der Waals surface area (Å²) in [6.07, 6.45) is 3.37. The van der Waals surface area contributed by atoms with Crippen LogP contribution >= 0.6 is 0 Å². The normalized spacial score (nSPS) is 20.2. The van der Waals surface area contributed by atoms with Gasteiger partial charge in [0.05, 0.1) is 17.5 Å². The van der Waals surface area contributed by atoms with E-state index in [4.69, 9.17) is 10.5 Å². The summed E-state index contributed by atoms with van der Waals surface area (Å²) in [5.41, 5.74) is 7.66. The quantitative estimate of drug-likeness (QED) is 0.687. The third kappa shape index (κ3) is 5.52. The first-order valence-corrected chi connectivity index (χ1v) is 10.3. The molecular formula is C21H34N4O3.